The number of hydrogen-bond donors (Lipinski definition) is 4. The molecule has 0 aliphatic carbocycles. The average molecular weight is 257 g/mol. The number of aliphatic hydroxyl groups is 1. The van der Waals surface area contributed by atoms with Crippen LogP contribution in [-0.4, -0.2) is 41.5 Å². The van der Waals surface area contributed by atoms with E-state index in [1.54, 1.807) is 13.8 Å². The van der Waals surface area contributed by atoms with E-state index in [-0.39, 0.29) is 12.5 Å². The van der Waals surface area contributed by atoms with Crippen LogP contribution in [0.5, 0.6) is 0 Å². The van der Waals surface area contributed by atoms with Crippen molar-refractivity contribution >= 4 is 5.84 Å². The highest BCUT2D eigenvalue weighted by Crippen LogP contribution is 2.25. The largest absolute Gasteiger partial charge is 0.409 e. The third kappa shape index (κ3) is 5.73. The van der Waals surface area contributed by atoms with Gasteiger partial charge in [0, 0.05) is 13.1 Å². The highest BCUT2D eigenvalue weighted by molar-refractivity contribution is 5.83. The normalized spacial score (nSPS) is 17.2. The minimum Gasteiger partial charge on any atom is -0.409 e. The maximum absolute atomic E-state index is 12.5. The summed E-state index contributed by atoms with van der Waals surface area (Å²) in [5.74, 6) is -3.02. The maximum Gasteiger partial charge on any atom is 0.400 e. The van der Waals surface area contributed by atoms with E-state index in [0.29, 0.717) is 0 Å². The zero-order valence-corrected chi connectivity index (χ0v) is 9.70. The van der Waals surface area contributed by atoms with Crippen molar-refractivity contribution in [1.82, 2.24) is 5.32 Å². The molecule has 0 aromatic rings. The van der Waals surface area contributed by atoms with Crippen LogP contribution in [0.4, 0.5) is 13.2 Å². The van der Waals surface area contributed by atoms with Gasteiger partial charge in [0.05, 0.1) is 6.10 Å². The van der Waals surface area contributed by atoms with Crippen LogP contribution in [0.3, 0.4) is 0 Å². The molecule has 0 spiro atoms. The summed E-state index contributed by atoms with van der Waals surface area (Å²) in [7, 11) is 0. The smallest absolute Gasteiger partial charge is 0.400 e. The van der Waals surface area contributed by atoms with Crippen LogP contribution in [0.1, 0.15) is 13.8 Å². The zero-order chi connectivity index (χ0) is 13.6. The molecule has 0 aliphatic heterocycles. The summed E-state index contributed by atoms with van der Waals surface area (Å²) in [6.45, 7) is 2.97. The van der Waals surface area contributed by atoms with Crippen molar-refractivity contribution in [2.24, 2.45) is 22.7 Å². The molecule has 2 atom stereocenters. The van der Waals surface area contributed by atoms with Gasteiger partial charge in [-0.15, -0.1) is 0 Å². The van der Waals surface area contributed by atoms with Crippen molar-refractivity contribution < 1.29 is 23.5 Å². The molecular weight excluding hydrogens is 239 g/mol. The Hall–Kier alpha value is -1.02. The molecule has 5 nitrogen and oxygen atoms in total. The first kappa shape index (κ1) is 16.0. The number of hydrogen-bond acceptors (Lipinski definition) is 4. The van der Waals surface area contributed by atoms with Gasteiger partial charge < -0.3 is 21.4 Å². The lowest BCUT2D eigenvalue weighted by atomic mass is 10.1. The topological polar surface area (TPSA) is 90.9 Å². The Labute approximate surface area is 97.5 Å². The van der Waals surface area contributed by atoms with Gasteiger partial charge in [-0.2, -0.15) is 13.2 Å². The predicted octanol–water partition coefficient (Wildman–Crippen LogP) is 0.518. The first-order chi connectivity index (χ1) is 7.70. The van der Waals surface area contributed by atoms with Gasteiger partial charge >= 0.3 is 6.18 Å². The molecule has 102 valence electrons. The minimum absolute atomic E-state index is 0.0168. The van der Waals surface area contributed by atoms with Crippen LogP contribution in [0.15, 0.2) is 5.16 Å². The van der Waals surface area contributed by atoms with E-state index in [0.717, 1.165) is 0 Å². The van der Waals surface area contributed by atoms with Gasteiger partial charge in [0.25, 0.3) is 0 Å². The number of rotatable bonds is 6. The third-order valence-corrected chi connectivity index (χ3v) is 2.34. The number of aliphatic hydroxyl groups excluding tert-OH is 1. The van der Waals surface area contributed by atoms with E-state index in [2.05, 4.69) is 10.5 Å². The number of nitrogens with two attached hydrogens (primary N) is 1. The fourth-order valence-electron chi connectivity index (χ4n) is 1.07. The highest BCUT2D eigenvalue weighted by Gasteiger charge is 2.42. The second kappa shape index (κ2) is 6.65. The van der Waals surface area contributed by atoms with Crippen LogP contribution in [0, 0.1) is 11.8 Å². The van der Waals surface area contributed by atoms with Crippen LogP contribution < -0.4 is 11.1 Å². The zero-order valence-electron chi connectivity index (χ0n) is 9.70. The number of nitrogens with zero attached hydrogens (tertiary/aromatic N) is 1. The van der Waals surface area contributed by atoms with E-state index >= 15 is 0 Å². The summed E-state index contributed by atoms with van der Waals surface area (Å²) in [4.78, 5) is 0. The molecule has 17 heavy (non-hydrogen) atoms. The van der Waals surface area contributed by atoms with Crippen molar-refractivity contribution in [3.05, 3.63) is 0 Å². The first-order valence-corrected chi connectivity index (χ1v) is 5.13. The van der Waals surface area contributed by atoms with Crippen LogP contribution >= 0.6 is 0 Å². The molecule has 8 heteroatoms. The predicted molar refractivity (Wildman–Crippen MR) is 56.7 cm³/mol. The molecule has 0 aromatic carbocycles. The SMILES string of the molecule is CC(C)C(O)CNCC(C(N)=NO)C(F)(F)F. The second-order valence-corrected chi connectivity index (χ2v) is 4.09. The van der Waals surface area contributed by atoms with Gasteiger partial charge in [-0.3, -0.25) is 0 Å². The van der Waals surface area contributed by atoms with Crippen LogP contribution in [0.25, 0.3) is 0 Å². The molecule has 0 radical (unpaired) electrons. The van der Waals surface area contributed by atoms with Gasteiger partial charge in [-0.25, -0.2) is 0 Å². The Morgan fingerprint density at radius 1 is 1.35 bits per heavy atom. The Morgan fingerprint density at radius 2 is 1.88 bits per heavy atom. The fraction of sp³-hybridized carbons (Fsp3) is 0.889. The minimum atomic E-state index is -4.59. The summed E-state index contributed by atoms with van der Waals surface area (Å²) in [6, 6.07) is 0. The van der Waals surface area contributed by atoms with E-state index < -0.39 is 30.6 Å². The Morgan fingerprint density at radius 3 is 2.24 bits per heavy atom. The van der Waals surface area contributed by atoms with Crippen LogP contribution in [0.2, 0.25) is 0 Å². The lowest BCUT2D eigenvalue weighted by molar-refractivity contribution is -0.155. The third-order valence-electron chi connectivity index (χ3n) is 2.34. The van der Waals surface area contributed by atoms with Gasteiger partial charge in [-0.05, 0) is 5.92 Å². The monoisotopic (exact) mass is 257 g/mol. The van der Waals surface area contributed by atoms with Crippen molar-refractivity contribution in [1.29, 1.82) is 0 Å². The Balaban J connectivity index is 4.30. The summed E-state index contributed by atoms with van der Waals surface area (Å²) in [5, 5.41) is 22.4. The molecular formula is C9H18F3N3O2. The highest BCUT2D eigenvalue weighted by atomic mass is 19.4. The summed E-state index contributed by atoms with van der Waals surface area (Å²) < 4.78 is 37.4. The number of halogens is 3. The van der Waals surface area contributed by atoms with E-state index in [1.807, 2.05) is 0 Å². The van der Waals surface area contributed by atoms with Crippen LogP contribution in [-0.2, 0) is 0 Å². The van der Waals surface area contributed by atoms with Crippen molar-refractivity contribution in [2.75, 3.05) is 13.1 Å². The number of oxime groups is 1. The molecule has 2 unspecified atom stereocenters. The second-order valence-electron chi connectivity index (χ2n) is 4.09. The molecule has 5 N–H and O–H groups in total. The standard InChI is InChI=1S/C9H18F3N3O2/c1-5(2)7(16)4-14-3-6(8(13)15-17)9(10,11)12/h5-7,14,16-17H,3-4H2,1-2H3,(H2,13,15). The summed E-state index contributed by atoms with van der Waals surface area (Å²) >= 11 is 0. The maximum atomic E-state index is 12.5. The molecule has 0 fully saturated rings. The molecule has 0 aliphatic rings. The Kier molecular flexibility index (Phi) is 6.25. The quantitative estimate of drug-likeness (QED) is 0.242. The van der Waals surface area contributed by atoms with E-state index in [9.17, 15) is 18.3 Å². The molecule has 0 aromatic heterocycles. The van der Waals surface area contributed by atoms with E-state index in [4.69, 9.17) is 10.9 Å². The van der Waals surface area contributed by atoms with Gasteiger partial charge in [0.2, 0.25) is 0 Å². The molecule has 0 saturated carbocycles. The van der Waals surface area contributed by atoms with Gasteiger partial charge in [-0.1, -0.05) is 19.0 Å². The lowest BCUT2D eigenvalue weighted by Gasteiger charge is -2.21. The molecule has 0 bridgehead atoms. The van der Waals surface area contributed by atoms with Crippen molar-refractivity contribution in [3.8, 4) is 0 Å². The average Bonchev–Trinajstić information content (AvgIpc) is 2.21. The first-order valence-electron chi connectivity index (χ1n) is 5.13. The molecule has 0 amide bonds. The molecule has 0 saturated heterocycles. The molecule has 0 rings (SSSR count). The van der Waals surface area contributed by atoms with Gasteiger partial charge in [0.1, 0.15) is 5.92 Å². The van der Waals surface area contributed by atoms with Crippen molar-refractivity contribution in [3.63, 3.8) is 0 Å². The lowest BCUT2D eigenvalue weighted by Crippen LogP contribution is -2.44. The summed E-state index contributed by atoms with van der Waals surface area (Å²) in [6.07, 6.45) is -5.33. The van der Waals surface area contributed by atoms with E-state index in [1.165, 1.54) is 0 Å². The summed E-state index contributed by atoms with van der Waals surface area (Å²) in [5.41, 5.74) is 4.96. The number of nitrogens with one attached hydrogen (secondary N) is 1. The fourth-order valence-corrected chi connectivity index (χ4v) is 1.07. The number of alkyl halides is 3. The number of amidine groups is 1. The van der Waals surface area contributed by atoms with Gasteiger partial charge in [0.15, 0.2) is 5.84 Å². The van der Waals surface area contributed by atoms with Crippen molar-refractivity contribution in [2.45, 2.75) is 26.1 Å². The Bertz CT molecular complexity index is 256. The molecule has 0 heterocycles.